The zero-order valence-corrected chi connectivity index (χ0v) is 19.4. The third-order valence-electron chi connectivity index (χ3n) is 4.90. The topological polar surface area (TPSA) is 204 Å². The lowest BCUT2D eigenvalue weighted by Crippen LogP contribution is -2.22. The Morgan fingerprint density at radius 2 is 0.811 bits per heavy atom. The Morgan fingerprint density at radius 3 is 1.08 bits per heavy atom. The van der Waals surface area contributed by atoms with Crippen LogP contribution in [0.5, 0.6) is 0 Å². The first-order valence-electron chi connectivity index (χ1n) is 10.5. The van der Waals surface area contributed by atoms with Gasteiger partial charge >= 0.3 is 23.8 Å². The van der Waals surface area contributed by atoms with Crippen LogP contribution in [-0.4, -0.2) is 45.8 Å². The SMILES string of the molecule is Cc1oc(C)c(C(=O)Nc2ccc(NC(=O)C(=O)O)cc2)c1C(=O)Nc1ccc(NC(=O)C(=O)O)cc1. The van der Waals surface area contributed by atoms with Gasteiger partial charge < -0.3 is 35.9 Å². The monoisotopic (exact) mass is 508 g/mol. The minimum absolute atomic E-state index is 0.0106. The number of carbonyl (C=O) groups is 6. The van der Waals surface area contributed by atoms with Crippen molar-refractivity contribution < 1.29 is 43.4 Å². The van der Waals surface area contributed by atoms with E-state index >= 15 is 0 Å². The van der Waals surface area contributed by atoms with Crippen molar-refractivity contribution in [2.75, 3.05) is 21.3 Å². The molecule has 3 rings (SSSR count). The molecule has 3 aromatic rings. The zero-order valence-electron chi connectivity index (χ0n) is 19.4. The molecule has 13 heteroatoms. The second-order valence-electron chi connectivity index (χ2n) is 7.55. The molecule has 0 aliphatic heterocycles. The number of furan rings is 1. The summed E-state index contributed by atoms with van der Waals surface area (Å²) in [5.41, 5.74) is 1.000. The van der Waals surface area contributed by atoms with Crippen molar-refractivity contribution in [1.29, 1.82) is 0 Å². The van der Waals surface area contributed by atoms with Gasteiger partial charge in [0, 0.05) is 22.7 Å². The van der Waals surface area contributed by atoms with Gasteiger partial charge in [0.15, 0.2) is 0 Å². The molecule has 4 amide bonds. The summed E-state index contributed by atoms with van der Waals surface area (Å²) in [6.45, 7) is 3.03. The summed E-state index contributed by atoms with van der Waals surface area (Å²) in [7, 11) is 0. The minimum atomic E-state index is -1.64. The van der Waals surface area contributed by atoms with E-state index in [2.05, 4.69) is 21.3 Å². The van der Waals surface area contributed by atoms with Gasteiger partial charge in [-0.3, -0.25) is 19.2 Å². The van der Waals surface area contributed by atoms with Crippen molar-refractivity contribution in [3.8, 4) is 0 Å². The molecule has 6 N–H and O–H groups in total. The van der Waals surface area contributed by atoms with Gasteiger partial charge in [-0.1, -0.05) is 0 Å². The van der Waals surface area contributed by atoms with E-state index < -0.39 is 35.6 Å². The van der Waals surface area contributed by atoms with E-state index in [9.17, 15) is 28.8 Å². The van der Waals surface area contributed by atoms with Crippen LogP contribution in [0.15, 0.2) is 52.9 Å². The molecule has 1 aromatic heterocycles. The number of carboxylic acid groups (broad SMARTS) is 2. The van der Waals surface area contributed by atoms with E-state index in [1.54, 1.807) is 0 Å². The molecule has 190 valence electrons. The van der Waals surface area contributed by atoms with Gasteiger partial charge in [0.1, 0.15) is 11.5 Å². The zero-order chi connectivity index (χ0) is 27.3. The van der Waals surface area contributed by atoms with Gasteiger partial charge in [0.2, 0.25) is 0 Å². The maximum absolute atomic E-state index is 13.0. The molecule has 0 radical (unpaired) electrons. The number of hydrogen-bond donors (Lipinski definition) is 6. The Morgan fingerprint density at radius 1 is 0.541 bits per heavy atom. The molecule has 0 fully saturated rings. The molecule has 1 heterocycles. The van der Waals surface area contributed by atoms with E-state index in [0.29, 0.717) is 11.4 Å². The molecule has 0 saturated heterocycles. The summed E-state index contributed by atoms with van der Waals surface area (Å²) in [6, 6.07) is 11.3. The molecule has 0 aliphatic rings. The van der Waals surface area contributed by atoms with Crippen LogP contribution in [0.4, 0.5) is 22.7 Å². The number of nitrogens with one attached hydrogen (secondary N) is 4. The predicted molar refractivity (Wildman–Crippen MR) is 130 cm³/mol. The molecule has 0 saturated carbocycles. The van der Waals surface area contributed by atoms with Gasteiger partial charge in [-0.2, -0.15) is 0 Å². The number of hydrogen-bond acceptors (Lipinski definition) is 7. The van der Waals surface area contributed by atoms with Crippen molar-refractivity contribution in [2.45, 2.75) is 13.8 Å². The highest BCUT2D eigenvalue weighted by atomic mass is 16.4. The number of carboxylic acids is 2. The summed E-state index contributed by atoms with van der Waals surface area (Å²) < 4.78 is 5.51. The predicted octanol–water partition coefficient (Wildman–Crippen LogP) is 2.45. The van der Waals surface area contributed by atoms with Gasteiger partial charge in [-0.15, -0.1) is 0 Å². The van der Waals surface area contributed by atoms with Crippen molar-refractivity contribution >= 4 is 58.3 Å². The van der Waals surface area contributed by atoms with Crippen LogP contribution in [0.25, 0.3) is 0 Å². The standard InChI is InChI=1S/C24H20N4O9/c1-11-17(19(29)25-13-3-7-15(8-4-13)27-21(31)23(33)34)18(12(2)37-11)20(30)26-14-5-9-16(10-6-14)28-22(32)24(35)36/h3-10H,1-2H3,(H,25,29)(H,26,30)(H,27,31)(H,28,32)(H,33,34)(H,35,36). The molecule has 0 atom stereocenters. The number of anilines is 4. The van der Waals surface area contributed by atoms with Gasteiger partial charge in [-0.05, 0) is 62.4 Å². The lowest BCUT2D eigenvalue weighted by atomic mass is 10.1. The average Bonchev–Trinajstić information content (AvgIpc) is 3.15. The normalized spacial score (nSPS) is 10.2. The number of benzene rings is 2. The lowest BCUT2D eigenvalue weighted by molar-refractivity contribution is -0.147. The smallest absolute Gasteiger partial charge is 0.394 e. The minimum Gasteiger partial charge on any atom is -0.474 e. The summed E-state index contributed by atoms with van der Waals surface area (Å²) in [5.74, 6) is -6.62. The summed E-state index contributed by atoms with van der Waals surface area (Å²) >= 11 is 0. The van der Waals surface area contributed by atoms with Gasteiger partial charge in [-0.25, -0.2) is 9.59 Å². The molecule has 0 spiro atoms. The number of aliphatic carboxylic acids is 2. The number of amides is 4. The van der Waals surface area contributed by atoms with Gasteiger partial charge in [0.25, 0.3) is 11.8 Å². The Kier molecular flexibility index (Phi) is 7.67. The van der Waals surface area contributed by atoms with E-state index in [0.717, 1.165) is 0 Å². The second kappa shape index (κ2) is 10.9. The third kappa shape index (κ3) is 6.36. The Balaban J connectivity index is 1.74. The van der Waals surface area contributed by atoms with E-state index in [1.165, 1.54) is 62.4 Å². The summed E-state index contributed by atoms with van der Waals surface area (Å²) in [4.78, 5) is 69.8. The fourth-order valence-corrected chi connectivity index (χ4v) is 3.26. The van der Waals surface area contributed by atoms with Crippen molar-refractivity contribution in [2.24, 2.45) is 0 Å². The van der Waals surface area contributed by atoms with Crippen LogP contribution in [-0.2, 0) is 19.2 Å². The maximum Gasteiger partial charge on any atom is 0.394 e. The quantitative estimate of drug-likeness (QED) is 0.270. The first kappa shape index (κ1) is 26.2. The number of carbonyl (C=O) groups excluding carboxylic acids is 4. The highest BCUT2D eigenvalue weighted by molar-refractivity contribution is 6.37. The molecule has 0 aliphatic carbocycles. The van der Waals surface area contributed by atoms with Crippen molar-refractivity contribution in [1.82, 2.24) is 0 Å². The van der Waals surface area contributed by atoms with E-state index in [1.807, 2.05) is 0 Å². The molecular weight excluding hydrogens is 488 g/mol. The molecular formula is C24H20N4O9. The molecule has 37 heavy (non-hydrogen) atoms. The first-order valence-corrected chi connectivity index (χ1v) is 10.5. The Labute approximate surface area is 208 Å². The summed E-state index contributed by atoms with van der Waals surface area (Å²) in [6.07, 6.45) is 0. The molecule has 2 aromatic carbocycles. The molecule has 0 bridgehead atoms. The van der Waals surface area contributed by atoms with Crippen LogP contribution in [0.1, 0.15) is 32.2 Å². The average molecular weight is 508 g/mol. The van der Waals surface area contributed by atoms with E-state index in [4.69, 9.17) is 14.6 Å². The number of aryl methyl sites for hydroxylation is 2. The number of rotatable bonds is 6. The highest BCUT2D eigenvalue weighted by Gasteiger charge is 2.27. The van der Waals surface area contributed by atoms with Crippen molar-refractivity contribution in [3.63, 3.8) is 0 Å². The second-order valence-corrected chi connectivity index (χ2v) is 7.55. The van der Waals surface area contributed by atoms with E-state index in [-0.39, 0.29) is 34.0 Å². The van der Waals surface area contributed by atoms with Crippen LogP contribution in [0.2, 0.25) is 0 Å². The van der Waals surface area contributed by atoms with Crippen LogP contribution < -0.4 is 21.3 Å². The lowest BCUT2D eigenvalue weighted by Gasteiger charge is -2.10. The fraction of sp³-hybridized carbons (Fsp3) is 0.0833. The highest BCUT2D eigenvalue weighted by Crippen LogP contribution is 2.25. The van der Waals surface area contributed by atoms with Crippen LogP contribution in [0, 0.1) is 13.8 Å². The largest absolute Gasteiger partial charge is 0.474 e. The maximum atomic E-state index is 13.0. The Bertz CT molecular complexity index is 1300. The fourth-order valence-electron chi connectivity index (χ4n) is 3.26. The van der Waals surface area contributed by atoms with Gasteiger partial charge in [0.05, 0.1) is 11.1 Å². The van der Waals surface area contributed by atoms with Crippen LogP contribution >= 0.6 is 0 Å². The van der Waals surface area contributed by atoms with Crippen LogP contribution in [0.3, 0.4) is 0 Å². The van der Waals surface area contributed by atoms with Crippen molar-refractivity contribution in [3.05, 3.63) is 71.2 Å². The third-order valence-corrected chi connectivity index (χ3v) is 4.90. The Hall–Kier alpha value is -5.46. The first-order chi connectivity index (χ1) is 17.5. The molecule has 13 nitrogen and oxygen atoms in total. The summed E-state index contributed by atoms with van der Waals surface area (Å²) in [5, 5.41) is 26.9. The molecule has 0 unspecified atom stereocenters.